The van der Waals surface area contributed by atoms with Gasteiger partial charge < -0.3 is 4.90 Å². The summed E-state index contributed by atoms with van der Waals surface area (Å²) < 4.78 is 0.681. The van der Waals surface area contributed by atoms with Crippen molar-refractivity contribution in [2.75, 3.05) is 42.6 Å². The summed E-state index contributed by atoms with van der Waals surface area (Å²) >= 11 is 3.39. The Kier molecular flexibility index (Phi) is 4.78. The zero-order valence-corrected chi connectivity index (χ0v) is 17.1. The quantitative estimate of drug-likeness (QED) is 0.704. The van der Waals surface area contributed by atoms with Crippen molar-refractivity contribution in [3.63, 3.8) is 0 Å². The maximum absolute atomic E-state index is 12.5. The molecule has 2 aromatic carbocycles. The molecule has 6 heteroatoms. The normalized spacial score (nSPS) is 17.6. The molecule has 0 unspecified atom stereocenters. The predicted molar refractivity (Wildman–Crippen MR) is 111 cm³/mol. The highest BCUT2D eigenvalue weighted by molar-refractivity contribution is 9.10. The SMILES string of the molecule is Cc1cccc(N2CCN(CN3C(=O)C(=O)c4c(Br)cccc43)CC2)c1C. The highest BCUT2D eigenvalue weighted by atomic mass is 79.9. The van der Waals surface area contributed by atoms with Gasteiger partial charge in [0.15, 0.2) is 0 Å². The van der Waals surface area contributed by atoms with Crippen LogP contribution in [0, 0.1) is 13.8 Å². The van der Waals surface area contributed by atoms with Gasteiger partial charge in [0.05, 0.1) is 17.9 Å². The van der Waals surface area contributed by atoms with Gasteiger partial charge in [-0.25, -0.2) is 0 Å². The van der Waals surface area contributed by atoms with E-state index in [9.17, 15) is 9.59 Å². The molecule has 140 valence electrons. The van der Waals surface area contributed by atoms with Crippen LogP contribution in [0.3, 0.4) is 0 Å². The monoisotopic (exact) mass is 427 g/mol. The summed E-state index contributed by atoms with van der Waals surface area (Å²) in [6, 6.07) is 11.9. The summed E-state index contributed by atoms with van der Waals surface area (Å²) in [5.41, 5.74) is 5.10. The molecule has 27 heavy (non-hydrogen) atoms. The van der Waals surface area contributed by atoms with Crippen LogP contribution in [0.1, 0.15) is 21.5 Å². The minimum absolute atomic E-state index is 0.425. The number of amides is 1. The molecule has 5 nitrogen and oxygen atoms in total. The van der Waals surface area contributed by atoms with Crippen molar-refractivity contribution in [1.82, 2.24) is 4.90 Å². The third-order valence-corrected chi connectivity index (χ3v) is 6.24. The fourth-order valence-electron chi connectivity index (χ4n) is 3.85. The summed E-state index contributed by atoms with van der Waals surface area (Å²) in [6.45, 7) is 8.29. The number of rotatable bonds is 3. The molecular weight excluding hydrogens is 406 g/mol. The van der Waals surface area contributed by atoms with Gasteiger partial charge >= 0.3 is 5.91 Å². The Morgan fingerprint density at radius 3 is 2.33 bits per heavy atom. The van der Waals surface area contributed by atoms with Crippen LogP contribution >= 0.6 is 15.9 Å². The van der Waals surface area contributed by atoms with E-state index in [-0.39, 0.29) is 0 Å². The summed E-state index contributed by atoms with van der Waals surface area (Å²) in [5.74, 6) is -0.861. The molecule has 2 aromatic rings. The standard InChI is InChI=1S/C21H22BrN3O2/c1-14-5-3-7-17(15(14)2)24-11-9-23(10-12-24)13-25-18-8-4-6-16(22)19(18)20(26)21(25)27/h3-8H,9-13H2,1-2H3. The second kappa shape index (κ2) is 7.09. The number of piperazine rings is 1. The first-order valence-corrected chi connectivity index (χ1v) is 9.95. The van der Waals surface area contributed by atoms with Crippen molar-refractivity contribution in [1.29, 1.82) is 0 Å². The summed E-state index contributed by atoms with van der Waals surface area (Å²) in [6.07, 6.45) is 0. The highest BCUT2D eigenvalue weighted by Crippen LogP contribution is 2.34. The van der Waals surface area contributed by atoms with Crippen molar-refractivity contribution in [3.8, 4) is 0 Å². The summed E-state index contributed by atoms with van der Waals surface area (Å²) in [7, 11) is 0. The third kappa shape index (κ3) is 3.17. The Bertz CT molecular complexity index is 920. The number of hydrogen-bond donors (Lipinski definition) is 0. The largest absolute Gasteiger partial charge is 0.369 e. The average molecular weight is 428 g/mol. The van der Waals surface area contributed by atoms with E-state index in [0.29, 0.717) is 22.4 Å². The first-order chi connectivity index (χ1) is 13.0. The highest BCUT2D eigenvalue weighted by Gasteiger charge is 2.38. The number of carbonyl (C=O) groups excluding carboxylic acids is 2. The van der Waals surface area contributed by atoms with Crippen molar-refractivity contribution >= 4 is 39.0 Å². The molecule has 0 radical (unpaired) electrons. The third-order valence-electron chi connectivity index (χ3n) is 5.58. The number of aryl methyl sites for hydroxylation is 1. The molecule has 0 aromatic heterocycles. The number of carbonyl (C=O) groups is 2. The summed E-state index contributed by atoms with van der Waals surface area (Å²) in [5, 5.41) is 0. The second-order valence-electron chi connectivity index (χ2n) is 7.16. The van der Waals surface area contributed by atoms with Crippen molar-refractivity contribution in [2.45, 2.75) is 13.8 Å². The fraction of sp³-hybridized carbons (Fsp3) is 0.333. The molecule has 0 N–H and O–H groups in total. The summed E-state index contributed by atoms with van der Waals surface area (Å²) in [4.78, 5) is 31.1. The number of Topliss-reactive ketones (excluding diaryl/α,β-unsaturated/α-hetero) is 1. The van der Waals surface area contributed by atoms with Gasteiger partial charge in [-0.15, -0.1) is 0 Å². The van der Waals surface area contributed by atoms with Crippen LogP contribution in [0.25, 0.3) is 0 Å². The molecular formula is C21H22BrN3O2. The van der Waals surface area contributed by atoms with Crippen LogP contribution in [-0.2, 0) is 4.79 Å². The van der Waals surface area contributed by atoms with Gasteiger partial charge in [0.2, 0.25) is 0 Å². The molecule has 0 bridgehead atoms. The van der Waals surface area contributed by atoms with E-state index < -0.39 is 11.7 Å². The van der Waals surface area contributed by atoms with Gasteiger partial charge in [-0.05, 0) is 59.1 Å². The minimum Gasteiger partial charge on any atom is -0.369 e. The predicted octanol–water partition coefficient (Wildman–Crippen LogP) is 3.37. The van der Waals surface area contributed by atoms with Crippen LogP contribution < -0.4 is 9.80 Å². The molecule has 0 spiro atoms. The number of hydrogen-bond acceptors (Lipinski definition) is 4. The van der Waals surface area contributed by atoms with E-state index in [1.54, 1.807) is 11.0 Å². The number of benzene rings is 2. The lowest BCUT2D eigenvalue weighted by Gasteiger charge is -2.38. The number of nitrogens with zero attached hydrogens (tertiary/aromatic N) is 3. The number of fused-ring (bicyclic) bond motifs is 1. The van der Waals surface area contributed by atoms with E-state index in [1.807, 2.05) is 12.1 Å². The van der Waals surface area contributed by atoms with Gasteiger partial charge in [0.1, 0.15) is 0 Å². The van der Waals surface area contributed by atoms with Crippen LogP contribution in [0.2, 0.25) is 0 Å². The lowest BCUT2D eigenvalue weighted by molar-refractivity contribution is -0.114. The molecule has 1 saturated heterocycles. The van der Waals surface area contributed by atoms with Crippen LogP contribution in [0.4, 0.5) is 11.4 Å². The van der Waals surface area contributed by atoms with E-state index in [0.717, 1.165) is 26.2 Å². The average Bonchev–Trinajstić information content (AvgIpc) is 2.91. The lowest BCUT2D eigenvalue weighted by atomic mass is 10.1. The van der Waals surface area contributed by atoms with Crippen LogP contribution in [0.15, 0.2) is 40.9 Å². The molecule has 0 atom stereocenters. The second-order valence-corrected chi connectivity index (χ2v) is 8.02. The molecule has 2 aliphatic rings. The topological polar surface area (TPSA) is 43.9 Å². The fourth-order valence-corrected chi connectivity index (χ4v) is 4.39. The van der Waals surface area contributed by atoms with Crippen LogP contribution in [0.5, 0.6) is 0 Å². The van der Waals surface area contributed by atoms with Gasteiger partial charge in [-0.2, -0.15) is 0 Å². The molecule has 0 aliphatic carbocycles. The minimum atomic E-state index is -0.436. The number of halogens is 1. The molecule has 1 fully saturated rings. The van der Waals surface area contributed by atoms with Gasteiger partial charge in [0, 0.05) is 36.3 Å². The maximum atomic E-state index is 12.5. The van der Waals surface area contributed by atoms with Crippen molar-refractivity contribution in [3.05, 3.63) is 57.6 Å². The van der Waals surface area contributed by atoms with E-state index in [1.165, 1.54) is 16.8 Å². The molecule has 0 saturated carbocycles. The van der Waals surface area contributed by atoms with Gasteiger partial charge in [-0.3, -0.25) is 19.4 Å². The Morgan fingerprint density at radius 1 is 0.926 bits per heavy atom. The Hall–Kier alpha value is -2.18. The molecule has 2 aliphatic heterocycles. The molecule has 1 amide bonds. The van der Waals surface area contributed by atoms with E-state index in [2.05, 4.69) is 57.8 Å². The Morgan fingerprint density at radius 2 is 1.59 bits per heavy atom. The Balaban J connectivity index is 1.46. The number of anilines is 2. The zero-order valence-electron chi connectivity index (χ0n) is 15.5. The lowest BCUT2D eigenvalue weighted by Crippen LogP contribution is -2.51. The Labute approximate surface area is 167 Å². The molecule has 2 heterocycles. The van der Waals surface area contributed by atoms with E-state index >= 15 is 0 Å². The first kappa shape index (κ1) is 18.2. The van der Waals surface area contributed by atoms with Gasteiger partial charge in [0.25, 0.3) is 5.78 Å². The maximum Gasteiger partial charge on any atom is 0.300 e. The zero-order chi connectivity index (χ0) is 19.1. The molecule has 4 rings (SSSR count). The van der Waals surface area contributed by atoms with Gasteiger partial charge in [-0.1, -0.05) is 18.2 Å². The first-order valence-electron chi connectivity index (χ1n) is 9.15. The number of ketones is 1. The van der Waals surface area contributed by atoms with E-state index in [4.69, 9.17) is 0 Å². The van der Waals surface area contributed by atoms with Crippen LogP contribution in [-0.4, -0.2) is 49.4 Å². The van der Waals surface area contributed by atoms with Crippen molar-refractivity contribution in [2.24, 2.45) is 0 Å². The van der Waals surface area contributed by atoms with Crippen molar-refractivity contribution < 1.29 is 9.59 Å². The smallest absolute Gasteiger partial charge is 0.300 e.